The van der Waals surface area contributed by atoms with E-state index in [-0.39, 0.29) is 5.75 Å². The first-order valence-corrected chi connectivity index (χ1v) is 7.03. The molecular formula is C8H13ClO3S. The number of fused-ring (bicyclic) bond motifs is 2. The molecule has 0 aromatic carbocycles. The molecule has 2 bridgehead atoms. The Morgan fingerprint density at radius 2 is 2.31 bits per heavy atom. The van der Waals surface area contributed by atoms with E-state index < -0.39 is 14.7 Å². The SMILES string of the molecule is O=S(=O)(Cl)CC12CCCC(CO1)C2. The van der Waals surface area contributed by atoms with E-state index in [2.05, 4.69) is 0 Å². The summed E-state index contributed by atoms with van der Waals surface area (Å²) in [7, 11) is 1.83. The molecule has 76 valence electrons. The molecule has 0 radical (unpaired) electrons. The predicted octanol–water partition coefficient (Wildman–Crippen LogP) is 1.51. The molecule has 1 saturated heterocycles. The van der Waals surface area contributed by atoms with Gasteiger partial charge in [0.25, 0.3) is 0 Å². The maximum atomic E-state index is 11.0. The van der Waals surface area contributed by atoms with Crippen molar-refractivity contribution in [2.24, 2.45) is 5.92 Å². The summed E-state index contributed by atoms with van der Waals surface area (Å²) >= 11 is 0. The molecule has 0 amide bonds. The van der Waals surface area contributed by atoms with Crippen LogP contribution >= 0.6 is 10.7 Å². The Kier molecular flexibility index (Phi) is 2.33. The van der Waals surface area contributed by atoms with Crippen LogP contribution in [0.5, 0.6) is 0 Å². The summed E-state index contributed by atoms with van der Waals surface area (Å²) in [6.07, 6.45) is 3.95. The average Bonchev–Trinajstić information content (AvgIpc) is 2.23. The van der Waals surface area contributed by atoms with Crippen molar-refractivity contribution in [2.75, 3.05) is 12.4 Å². The second-order valence-corrected chi connectivity index (χ2v) is 6.92. The van der Waals surface area contributed by atoms with Gasteiger partial charge >= 0.3 is 0 Å². The molecule has 2 rings (SSSR count). The predicted molar refractivity (Wildman–Crippen MR) is 50.3 cm³/mol. The summed E-state index contributed by atoms with van der Waals surface area (Å²) in [6, 6.07) is 0. The van der Waals surface area contributed by atoms with E-state index in [1.807, 2.05) is 0 Å². The van der Waals surface area contributed by atoms with Gasteiger partial charge in [-0.05, 0) is 25.2 Å². The van der Waals surface area contributed by atoms with Crippen LogP contribution in [0.2, 0.25) is 0 Å². The molecule has 5 heteroatoms. The lowest BCUT2D eigenvalue weighted by Crippen LogP contribution is -2.36. The van der Waals surface area contributed by atoms with Crippen molar-refractivity contribution in [1.29, 1.82) is 0 Å². The standard InChI is InChI=1S/C8H13ClO3S/c9-13(10,11)6-8-3-1-2-7(4-8)5-12-8/h7H,1-6H2. The largest absolute Gasteiger partial charge is 0.374 e. The normalized spacial score (nSPS) is 39.3. The van der Waals surface area contributed by atoms with Gasteiger partial charge in [-0.25, -0.2) is 8.42 Å². The number of ether oxygens (including phenoxy) is 1. The zero-order valence-corrected chi connectivity index (χ0v) is 8.90. The molecule has 1 aliphatic heterocycles. The first kappa shape index (κ1) is 9.74. The smallest absolute Gasteiger partial charge is 0.235 e. The third-order valence-corrected chi connectivity index (χ3v) is 4.16. The number of hydrogen-bond acceptors (Lipinski definition) is 3. The average molecular weight is 225 g/mol. The maximum absolute atomic E-state index is 11.0. The highest BCUT2D eigenvalue weighted by Crippen LogP contribution is 2.42. The molecule has 1 heterocycles. The van der Waals surface area contributed by atoms with E-state index in [0.717, 1.165) is 19.3 Å². The van der Waals surface area contributed by atoms with Crippen LogP contribution in [0.4, 0.5) is 0 Å². The van der Waals surface area contributed by atoms with E-state index in [1.54, 1.807) is 0 Å². The minimum absolute atomic E-state index is 0.0158. The highest BCUT2D eigenvalue weighted by molar-refractivity contribution is 8.13. The lowest BCUT2D eigenvalue weighted by Gasteiger charge is -2.29. The van der Waals surface area contributed by atoms with E-state index >= 15 is 0 Å². The molecule has 0 aromatic heterocycles. The zero-order valence-electron chi connectivity index (χ0n) is 7.33. The Morgan fingerprint density at radius 3 is 3.00 bits per heavy atom. The van der Waals surface area contributed by atoms with Crippen molar-refractivity contribution in [3.05, 3.63) is 0 Å². The molecule has 1 saturated carbocycles. The van der Waals surface area contributed by atoms with Crippen LogP contribution in [0.25, 0.3) is 0 Å². The second-order valence-electron chi connectivity index (χ2n) is 4.14. The van der Waals surface area contributed by atoms with Gasteiger partial charge in [-0.15, -0.1) is 0 Å². The third-order valence-electron chi connectivity index (χ3n) is 2.97. The first-order chi connectivity index (χ1) is 5.99. The summed E-state index contributed by atoms with van der Waals surface area (Å²) in [4.78, 5) is 0. The van der Waals surface area contributed by atoms with Gasteiger partial charge in [-0.2, -0.15) is 0 Å². The summed E-state index contributed by atoms with van der Waals surface area (Å²) in [5.41, 5.74) is -0.441. The van der Waals surface area contributed by atoms with E-state index in [9.17, 15) is 8.42 Å². The fourth-order valence-corrected chi connectivity index (χ4v) is 4.07. The van der Waals surface area contributed by atoms with Gasteiger partial charge in [-0.3, -0.25) is 0 Å². The van der Waals surface area contributed by atoms with Crippen molar-refractivity contribution < 1.29 is 13.2 Å². The topological polar surface area (TPSA) is 43.4 Å². The fourth-order valence-electron chi connectivity index (χ4n) is 2.50. The molecule has 2 unspecified atom stereocenters. The van der Waals surface area contributed by atoms with Crippen LogP contribution in [-0.4, -0.2) is 26.4 Å². The lowest BCUT2D eigenvalue weighted by molar-refractivity contribution is 0.0180. The van der Waals surface area contributed by atoms with E-state index in [4.69, 9.17) is 15.4 Å². The van der Waals surface area contributed by atoms with Crippen molar-refractivity contribution in [3.8, 4) is 0 Å². The molecule has 0 spiro atoms. The Morgan fingerprint density at radius 1 is 1.54 bits per heavy atom. The summed E-state index contributed by atoms with van der Waals surface area (Å²) in [6.45, 7) is 0.715. The molecule has 2 atom stereocenters. The van der Waals surface area contributed by atoms with Crippen LogP contribution in [0, 0.1) is 5.92 Å². The van der Waals surface area contributed by atoms with Gasteiger partial charge < -0.3 is 4.74 Å². The van der Waals surface area contributed by atoms with Gasteiger partial charge in [0.2, 0.25) is 9.05 Å². The molecule has 3 nitrogen and oxygen atoms in total. The Balaban J connectivity index is 2.12. The molecule has 2 fully saturated rings. The molecule has 2 aliphatic rings. The fraction of sp³-hybridized carbons (Fsp3) is 1.00. The van der Waals surface area contributed by atoms with Gasteiger partial charge in [0.15, 0.2) is 0 Å². The summed E-state index contributed by atoms with van der Waals surface area (Å²) in [5.74, 6) is 0.546. The number of hydrogen-bond donors (Lipinski definition) is 0. The van der Waals surface area contributed by atoms with Crippen LogP contribution in [0.3, 0.4) is 0 Å². The third kappa shape index (κ3) is 2.17. The van der Waals surface area contributed by atoms with Crippen molar-refractivity contribution in [3.63, 3.8) is 0 Å². The molecular weight excluding hydrogens is 212 g/mol. The quantitative estimate of drug-likeness (QED) is 0.668. The van der Waals surface area contributed by atoms with E-state index in [0.29, 0.717) is 12.5 Å². The summed E-state index contributed by atoms with van der Waals surface area (Å²) in [5, 5.41) is 0. The van der Waals surface area contributed by atoms with Gasteiger partial charge in [0.1, 0.15) is 0 Å². The van der Waals surface area contributed by atoms with Crippen LogP contribution in [0.15, 0.2) is 0 Å². The maximum Gasteiger partial charge on any atom is 0.235 e. The highest BCUT2D eigenvalue weighted by Gasteiger charge is 2.45. The van der Waals surface area contributed by atoms with Gasteiger partial charge in [0.05, 0.1) is 18.0 Å². The summed E-state index contributed by atoms with van der Waals surface area (Å²) < 4.78 is 27.5. The van der Waals surface area contributed by atoms with E-state index in [1.165, 1.54) is 6.42 Å². The van der Waals surface area contributed by atoms with Crippen LogP contribution in [0.1, 0.15) is 25.7 Å². The number of rotatable bonds is 2. The number of halogens is 1. The zero-order chi connectivity index (χ0) is 9.53. The monoisotopic (exact) mass is 224 g/mol. The van der Waals surface area contributed by atoms with Gasteiger partial charge in [0, 0.05) is 10.7 Å². The highest BCUT2D eigenvalue weighted by atomic mass is 35.7. The molecule has 13 heavy (non-hydrogen) atoms. The molecule has 1 aliphatic carbocycles. The second kappa shape index (κ2) is 3.11. The van der Waals surface area contributed by atoms with Crippen molar-refractivity contribution >= 4 is 19.7 Å². The van der Waals surface area contributed by atoms with Gasteiger partial charge in [-0.1, -0.05) is 6.42 Å². The van der Waals surface area contributed by atoms with Crippen LogP contribution < -0.4 is 0 Å². The Labute approximate surface area is 82.8 Å². The Bertz CT molecular complexity index is 297. The Hall–Kier alpha value is 0.200. The van der Waals surface area contributed by atoms with Crippen molar-refractivity contribution in [1.82, 2.24) is 0 Å². The molecule has 0 aromatic rings. The minimum Gasteiger partial charge on any atom is -0.374 e. The minimum atomic E-state index is -3.42. The lowest BCUT2D eigenvalue weighted by atomic mass is 9.82. The molecule has 0 N–H and O–H groups in total. The first-order valence-electron chi connectivity index (χ1n) is 4.55. The van der Waals surface area contributed by atoms with Crippen molar-refractivity contribution in [2.45, 2.75) is 31.3 Å². The van der Waals surface area contributed by atoms with Crippen LogP contribution in [-0.2, 0) is 13.8 Å².